The fourth-order valence-electron chi connectivity index (χ4n) is 1.45. The zero-order valence-corrected chi connectivity index (χ0v) is 10.7. The van der Waals surface area contributed by atoms with Crippen LogP contribution in [0.2, 0.25) is 0 Å². The van der Waals surface area contributed by atoms with Crippen LogP contribution in [-0.2, 0) is 6.54 Å². The summed E-state index contributed by atoms with van der Waals surface area (Å²) in [6.07, 6.45) is 1.40. The molecule has 18 heavy (non-hydrogen) atoms. The molecule has 94 valence electrons. The Labute approximate surface area is 110 Å². The molecule has 0 saturated carbocycles. The Morgan fingerprint density at radius 2 is 2.33 bits per heavy atom. The van der Waals surface area contributed by atoms with E-state index in [2.05, 4.69) is 31.4 Å². The molecule has 1 aromatic carbocycles. The van der Waals surface area contributed by atoms with E-state index < -0.39 is 11.8 Å². The first-order chi connectivity index (χ1) is 8.58. The van der Waals surface area contributed by atoms with Gasteiger partial charge in [-0.2, -0.15) is 5.10 Å². The maximum absolute atomic E-state index is 13.5. The molecule has 5 nitrogen and oxygen atoms in total. The van der Waals surface area contributed by atoms with Crippen LogP contribution in [0, 0.1) is 5.82 Å². The van der Waals surface area contributed by atoms with Crippen LogP contribution in [0.1, 0.15) is 16.1 Å². The number of hydrogen-bond donors (Lipinski definition) is 3. The van der Waals surface area contributed by atoms with Crippen LogP contribution in [0.15, 0.2) is 28.9 Å². The van der Waals surface area contributed by atoms with Gasteiger partial charge >= 0.3 is 5.97 Å². The lowest BCUT2D eigenvalue weighted by atomic mass is 10.2. The normalized spacial score (nSPS) is 10.3. The number of carboxylic acids is 1. The smallest absolute Gasteiger partial charge is 0.354 e. The summed E-state index contributed by atoms with van der Waals surface area (Å²) in [4.78, 5) is 10.8. The average Bonchev–Trinajstić information content (AvgIpc) is 2.76. The van der Waals surface area contributed by atoms with Gasteiger partial charge in [0.05, 0.1) is 11.9 Å². The topological polar surface area (TPSA) is 78.0 Å². The van der Waals surface area contributed by atoms with Gasteiger partial charge in [0.2, 0.25) is 0 Å². The average molecular weight is 314 g/mol. The molecule has 0 fully saturated rings. The number of benzene rings is 1. The number of aromatic amines is 1. The molecule has 1 heterocycles. The van der Waals surface area contributed by atoms with Crippen molar-refractivity contribution in [1.82, 2.24) is 10.2 Å². The molecular weight excluding hydrogens is 305 g/mol. The molecule has 0 aliphatic carbocycles. The van der Waals surface area contributed by atoms with Gasteiger partial charge in [0, 0.05) is 16.6 Å². The number of aromatic nitrogens is 2. The molecule has 0 radical (unpaired) electrons. The lowest BCUT2D eigenvalue weighted by Gasteiger charge is -2.07. The Bertz CT molecular complexity index is 585. The molecule has 0 unspecified atom stereocenters. The fraction of sp³-hybridized carbons (Fsp3) is 0.0909. The highest BCUT2D eigenvalue weighted by Gasteiger charge is 2.12. The van der Waals surface area contributed by atoms with Crippen LogP contribution in [0.4, 0.5) is 10.1 Å². The van der Waals surface area contributed by atoms with E-state index in [-0.39, 0.29) is 12.2 Å². The molecule has 0 amide bonds. The molecule has 0 atom stereocenters. The number of nitrogens with one attached hydrogen (secondary N) is 2. The maximum atomic E-state index is 13.5. The van der Waals surface area contributed by atoms with Crippen LogP contribution in [0.3, 0.4) is 0 Å². The second-order valence-corrected chi connectivity index (χ2v) is 4.47. The zero-order chi connectivity index (χ0) is 13.1. The summed E-state index contributed by atoms with van der Waals surface area (Å²) in [6, 6.07) is 4.59. The molecule has 2 rings (SSSR count). The van der Waals surface area contributed by atoms with Crippen LogP contribution in [-0.4, -0.2) is 21.3 Å². The van der Waals surface area contributed by atoms with Crippen molar-refractivity contribution in [3.05, 3.63) is 45.9 Å². The highest BCUT2D eigenvalue weighted by Crippen LogP contribution is 2.20. The van der Waals surface area contributed by atoms with E-state index in [1.807, 2.05) is 0 Å². The summed E-state index contributed by atoms with van der Waals surface area (Å²) in [5, 5.41) is 17.7. The first-order valence-corrected chi connectivity index (χ1v) is 5.81. The third kappa shape index (κ3) is 2.67. The number of nitrogens with zero attached hydrogens (tertiary/aromatic N) is 1. The lowest BCUT2D eigenvalue weighted by Crippen LogP contribution is -2.06. The van der Waals surface area contributed by atoms with E-state index in [9.17, 15) is 9.18 Å². The molecule has 1 aromatic heterocycles. The van der Waals surface area contributed by atoms with Crippen molar-refractivity contribution in [2.75, 3.05) is 5.32 Å². The van der Waals surface area contributed by atoms with Gasteiger partial charge in [0.1, 0.15) is 11.5 Å². The second-order valence-electron chi connectivity index (χ2n) is 3.55. The predicted molar refractivity (Wildman–Crippen MR) is 67.0 cm³/mol. The lowest BCUT2D eigenvalue weighted by molar-refractivity contribution is 0.0689. The minimum Gasteiger partial charge on any atom is -0.477 e. The number of aromatic carboxylic acids is 1. The van der Waals surface area contributed by atoms with Crippen LogP contribution < -0.4 is 5.32 Å². The quantitative estimate of drug-likeness (QED) is 0.811. The summed E-state index contributed by atoms with van der Waals surface area (Å²) >= 11 is 3.16. The van der Waals surface area contributed by atoms with Crippen molar-refractivity contribution < 1.29 is 14.3 Å². The van der Waals surface area contributed by atoms with Crippen molar-refractivity contribution in [2.24, 2.45) is 0 Å². The van der Waals surface area contributed by atoms with E-state index in [0.29, 0.717) is 15.7 Å². The summed E-state index contributed by atoms with van der Waals surface area (Å²) in [5.41, 5.74) is 0.764. The molecule has 0 spiro atoms. The van der Waals surface area contributed by atoms with Gasteiger partial charge in [-0.1, -0.05) is 15.9 Å². The molecule has 3 N–H and O–H groups in total. The van der Waals surface area contributed by atoms with E-state index in [4.69, 9.17) is 5.11 Å². The Kier molecular flexibility index (Phi) is 3.61. The Balaban J connectivity index is 2.11. The molecule has 0 aliphatic heterocycles. The zero-order valence-electron chi connectivity index (χ0n) is 9.08. The number of carbonyl (C=O) groups is 1. The van der Waals surface area contributed by atoms with Gasteiger partial charge in [0.15, 0.2) is 0 Å². The van der Waals surface area contributed by atoms with Gasteiger partial charge in [-0.25, -0.2) is 9.18 Å². The first-order valence-electron chi connectivity index (χ1n) is 5.02. The van der Waals surface area contributed by atoms with E-state index in [1.165, 1.54) is 12.3 Å². The van der Waals surface area contributed by atoms with Crippen LogP contribution in [0.5, 0.6) is 0 Å². The molecule has 2 aromatic rings. The molecule has 0 bridgehead atoms. The van der Waals surface area contributed by atoms with Crippen molar-refractivity contribution in [1.29, 1.82) is 0 Å². The second kappa shape index (κ2) is 5.18. The number of rotatable bonds is 4. The summed E-state index contributed by atoms with van der Waals surface area (Å²) < 4.78 is 14.1. The number of hydrogen-bond acceptors (Lipinski definition) is 3. The van der Waals surface area contributed by atoms with Crippen molar-refractivity contribution in [3.8, 4) is 0 Å². The van der Waals surface area contributed by atoms with Gasteiger partial charge in [-0.15, -0.1) is 0 Å². The third-order valence-corrected chi connectivity index (χ3v) is 2.83. The summed E-state index contributed by atoms with van der Waals surface area (Å²) in [7, 11) is 0. The van der Waals surface area contributed by atoms with Crippen molar-refractivity contribution in [3.63, 3.8) is 0 Å². The minimum absolute atomic E-state index is 0.0000184. The Hall–Kier alpha value is -1.89. The number of anilines is 1. The number of halogens is 2. The fourth-order valence-corrected chi connectivity index (χ4v) is 1.79. The Morgan fingerprint density at radius 1 is 1.56 bits per heavy atom. The standard InChI is InChI=1S/C11H9BrFN3O2/c12-7-1-2-9(8(13)3-7)14-4-6-5-15-16-10(6)11(17)18/h1-3,5,14H,4H2,(H,15,16)(H,17,18). The summed E-state index contributed by atoms with van der Waals surface area (Å²) in [5.74, 6) is -1.51. The molecule has 0 saturated heterocycles. The SMILES string of the molecule is O=C(O)c1[nH]ncc1CNc1ccc(Br)cc1F. The van der Waals surface area contributed by atoms with Crippen LogP contribution >= 0.6 is 15.9 Å². The largest absolute Gasteiger partial charge is 0.477 e. The Morgan fingerprint density at radius 3 is 3.00 bits per heavy atom. The third-order valence-electron chi connectivity index (χ3n) is 2.33. The predicted octanol–water partition coefficient (Wildman–Crippen LogP) is 2.62. The van der Waals surface area contributed by atoms with E-state index in [0.717, 1.165) is 0 Å². The molecular formula is C11H9BrFN3O2. The highest BCUT2D eigenvalue weighted by molar-refractivity contribution is 9.10. The van der Waals surface area contributed by atoms with E-state index >= 15 is 0 Å². The van der Waals surface area contributed by atoms with E-state index in [1.54, 1.807) is 12.1 Å². The van der Waals surface area contributed by atoms with Crippen molar-refractivity contribution >= 4 is 27.6 Å². The highest BCUT2D eigenvalue weighted by atomic mass is 79.9. The minimum atomic E-state index is -1.10. The molecule has 7 heteroatoms. The number of carboxylic acid groups (broad SMARTS) is 1. The maximum Gasteiger partial charge on any atom is 0.354 e. The van der Waals surface area contributed by atoms with Crippen molar-refractivity contribution in [2.45, 2.75) is 6.54 Å². The van der Waals surface area contributed by atoms with Gasteiger partial charge < -0.3 is 10.4 Å². The van der Waals surface area contributed by atoms with Crippen LogP contribution in [0.25, 0.3) is 0 Å². The summed E-state index contributed by atoms with van der Waals surface area (Å²) in [6.45, 7) is 0.177. The number of H-pyrrole nitrogens is 1. The molecule has 0 aliphatic rings. The van der Waals surface area contributed by atoms with Gasteiger partial charge in [0.25, 0.3) is 0 Å². The van der Waals surface area contributed by atoms with Gasteiger partial charge in [-0.05, 0) is 18.2 Å². The monoisotopic (exact) mass is 313 g/mol. The first kappa shape index (κ1) is 12.6. The van der Waals surface area contributed by atoms with Gasteiger partial charge in [-0.3, -0.25) is 5.10 Å².